The van der Waals surface area contributed by atoms with Gasteiger partial charge in [-0.1, -0.05) is 0 Å². The Morgan fingerprint density at radius 1 is 1.04 bits per heavy atom. The van der Waals surface area contributed by atoms with Crippen LogP contribution in [0.25, 0.3) is 0 Å². The van der Waals surface area contributed by atoms with Crippen LogP contribution < -0.4 is 33.0 Å². The zero-order chi connectivity index (χ0) is 20.7. The molecular formula is C19H25N5O4. The standard InChI is InChI=1S/C19H25N5O4/c1-27-17-10-12(20)9-14(19(23)26)13(17)4-6-28-7-5-24-16-3-2-11(18(22)25)8-15(16)21/h2-3,8-10,24H,4-7,20-21H2,1H3,(H2,22,25)(H2,23,26). The largest absolute Gasteiger partial charge is 0.496 e. The second-order valence-corrected chi connectivity index (χ2v) is 6.07. The van der Waals surface area contributed by atoms with Crippen LogP contribution in [0.3, 0.4) is 0 Å². The van der Waals surface area contributed by atoms with Crippen molar-refractivity contribution in [3.05, 3.63) is 47.0 Å². The van der Waals surface area contributed by atoms with Gasteiger partial charge in [0.15, 0.2) is 0 Å². The number of primary amides is 2. The molecule has 2 aromatic carbocycles. The Morgan fingerprint density at radius 3 is 2.39 bits per heavy atom. The number of carbonyl (C=O) groups excluding carboxylic acids is 2. The maximum atomic E-state index is 11.7. The number of anilines is 3. The Bertz CT molecular complexity index is 870. The molecule has 2 amide bonds. The van der Waals surface area contributed by atoms with Crippen LogP contribution in [0.15, 0.2) is 30.3 Å². The third-order valence-corrected chi connectivity index (χ3v) is 4.11. The summed E-state index contributed by atoms with van der Waals surface area (Å²) in [6.07, 6.45) is 0.442. The molecular weight excluding hydrogens is 362 g/mol. The van der Waals surface area contributed by atoms with Crippen molar-refractivity contribution in [3.8, 4) is 5.75 Å². The normalized spacial score (nSPS) is 10.5. The van der Waals surface area contributed by atoms with Gasteiger partial charge in [-0.15, -0.1) is 0 Å². The first-order chi connectivity index (χ1) is 13.3. The molecule has 0 saturated carbocycles. The van der Waals surface area contributed by atoms with Crippen LogP contribution in [-0.2, 0) is 11.2 Å². The second-order valence-electron chi connectivity index (χ2n) is 6.07. The van der Waals surface area contributed by atoms with Gasteiger partial charge >= 0.3 is 0 Å². The molecule has 0 unspecified atom stereocenters. The van der Waals surface area contributed by atoms with Crippen LogP contribution in [0.1, 0.15) is 26.3 Å². The summed E-state index contributed by atoms with van der Waals surface area (Å²) < 4.78 is 10.9. The zero-order valence-electron chi connectivity index (χ0n) is 15.7. The summed E-state index contributed by atoms with van der Waals surface area (Å²) in [5.41, 5.74) is 25.1. The van der Waals surface area contributed by atoms with E-state index < -0.39 is 11.8 Å². The molecule has 0 aliphatic carbocycles. The van der Waals surface area contributed by atoms with E-state index in [1.54, 1.807) is 18.2 Å². The van der Waals surface area contributed by atoms with Gasteiger partial charge in [0.2, 0.25) is 11.8 Å². The third kappa shape index (κ3) is 5.27. The van der Waals surface area contributed by atoms with Crippen molar-refractivity contribution in [1.29, 1.82) is 0 Å². The van der Waals surface area contributed by atoms with E-state index in [0.717, 1.165) is 0 Å². The number of hydrogen-bond donors (Lipinski definition) is 5. The Morgan fingerprint density at radius 2 is 1.79 bits per heavy atom. The molecule has 9 nitrogen and oxygen atoms in total. The number of nitrogens with two attached hydrogens (primary N) is 4. The lowest BCUT2D eigenvalue weighted by atomic mass is 10.0. The first kappa shape index (κ1) is 20.8. The Balaban J connectivity index is 1.86. The summed E-state index contributed by atoms with van der Waals surface area (Å²) in [7, 11) is 1.50. The first-order valence-electron chi connectivity index (χ1n) is 8.60. The molecule has 0 heterocycles. The molecule has 0 fully saturated rings. The smallest absolute Gasteiger partial charge is 0.249 e. The topological polar surface area (TPSA) is 169 Å². The molecule has 0 bridgehead atoms. The minimum atomic E-state index is -0.572. The van der Waals surface area contributed by atoms with Crippen LogP contribution in [-0.4, -0.2) is 38.7 Å². The zero-order valence-corrected chi connectivity index (χ0v) is 15.7. The quantitative estimate of drug-likeness (QED) is 0.295. The van der Waals surface area contributed by atoms with Crippen molar-refractivity contribution in [1.82, 2.24) is 0 Å². The second kappa shape index (κ2) is 9.47. The number of hydrogen-bond acceptors (Lipinski definition) is 7. The molecule has 0 aliphatic heterocycles. The van der Waals surface area contributed by atoms with E-state index in [-0.39, 0.29) is 0 Å². The number of methoxy groups -OCH3 is 1. The maximum Gasteiger partial charge on any atom is 0.249 e. The summed E-state index contributed by atoms with van der Waals surface area (Å²) >= 11 is 0. The lowest BCUT2D eigenvalue weighted by molar-refractivity contribution is 0.0990. The fourth-order valence-electron chi connectivity index (χ4n) is 2.74. The van der Waals surface area contributed by atoms with Gasteiger partial charge in [-0.3, -0.25) is 9.59 Å². The molecule has 0 aromatic heterocycles. The molecule has 0 radical (unpaired) electrons. The van der Waals surface area contributed by atoms with E-state index in [2.05, 4.69) is 5.32 Å². The Labute approximate surface area is 163 Å². The summed E-state index contributed by atoms with van der Waals surface area (Å²) in [5.74, 6) is -0.606. The number of carbonyl (C=O) groups is 2. The molecule has 9 N–H and O–H groups in total. The van der Waals surface area contributed by atoms with Crippen molar-refractivity contribution >= 4 is 28.9 Å². The van der Waals surface area contributed by atoms with E-state index >= 15 is 0 Å². The Kier molecular flexibility index (Phi) is 7.05. The van der Waals surface area contributed by atoms with E-state index in [4.69, 9.17) is 32.4 Å². The molecule has 150 valence electrons. The van der Waals surface area contributed by atoms with E-state index in [1.807, 2.05) is 0 Å². The van der Waals surface area contributed by atoms with Gasteiger partial charge in [-0.25, -0.2) is 0 Å². The number of rotatable bonds is 10. The first-order valence-corrected chi connectivity index (χ1v) is 8.60. The van der Waals surface area contributed by atoms with Crippen LogP contribution in [0.2, 0.25) is 0 Å². The minimum Gasteiger partial charge on any atom is -0.496 e. The highest BCUT2D eigenvalue weighted by molar-refractivity contribution is 5.96. The lowest BCUT2D eigenvalue weighted by Crippen LogP contribution is -2.17. The fraction of sp³-hybridized carbons (Fsp3) is 0.263. The van der Waals surface area contributed by atoms with Crippen LogP contribution >= 0.6 is 0 Å². The summed E-state index contributed by atoms with van der Waals surface area (Å²) in [5, 5.41) is 3.12. The SMILES string of the molecule is COc1cc(N)cc(C(N)=O)c1CCOCCNc1ccc(C(N)=O)cc1N. The van der Waals surface area contributed by atoms with Gasteiger partial charge in [-0.2, -0.15) is 0 Å². The van der Waals surface area contributed by atoms with Crippen LogP contribution in [0.4, 0.5) is 17.1 Å². The van der Waals surface area contributed by atoms with Crippen molar-refractivity contribution in [3.63, 3.8) is 0 Å². The summed E-state index contributed by atoms with van der Waals surface area (Å²) in [6, 6.07) is 7.97. The predicted molar refractivity (Wildman–Crippen MR) is 108 cm³/mol. The summed E-state index contributed by atoms with van der Waals surface area (Å²) in [4.78, 5) is 22.8. The van der Waals surface area contributed by atoms with Gasteiger partial charge in [0.05, 0.1) is 31.7 Å². The molecule has 0 saturated heterocycles. The number of ether oxygens (including phenoxy) is 2. The van der Waals surface area contributed by atoms with E-state index in [1.165, 1.54) is 19.2 Å². The monoisotopic (exact) mass is 387 g/mol. The van der Waals surface area contributed by atoms with Crippen molar-refractivity contribution in [2.75, 3.05) is 43.7 Å². The molecule has 9 heteroatoms. The summed E-state index contributed by atoms with van der Waals surface area (Å²) in [6.45, 7) is 1.26. The Hall–Kier alpha value is -3.46. The van der Waals surface area contributed by atoms with Crippen molar-refractivity contribution in [2.24, 2.45) is 11.5 Å². The van der Waals surface area contributed by atoms with E-state index in [0.29, 0.717) is 65.7 Å². The van der Waals surface area contributed by atoms with E-state index in [9.17, 15) is 9.59 Å². The molecule has 2 aromatic rings. The van der Waals surface area contributed by atoms with Gasteiger partial charge < -0.3 is 37.7 Å². The number of nitrogens with one attached hydrogen (secondary N) is 1. The van der Waals surface area contributed by atoms with Gasteiger partial charge in [0.25, 0.3) is 0 Å². The third-order valence-electron chi connectivity index (χ3n) is 4.11. The van der Waals surface area contributed by atoms with Gasteiger partial charge in [-0.05, 0) is 24.3 Å². The van der Waals surface area contributed by atoms with Gasteiger partial charge in [0.1, 0.15) is 5.75 Å². The molecule has 0 atom stereocenters. The predicted octanol–water partition coefficient (Wildman–Crippen LogP) is 0.729. The highest BCUT2D eigenvalue weighted by Crippen LogP contribution is 2.26. The molecule has 2 rings (SSSR count). The maximum absolute atomic E-state index is 11.7. The molecule has 0 spiro atoms. The number of amides is 2. The average Bonchev–Trinajstić information content (AvgIpc) is 2.65. The van der Waals surface area contributed by atoms with Crippen molar-refractivity contribution in [2.45, 2.75) is 6.42 Å². The molecule has 28 heavy (non-hydrogen) atoms. The van der Waals surface area contributed by atoms with Crippen LogP contribution in [0, 0.1) is 0 Å². The number of benzene rings is 2. The molecule has 0 aliphatic rings. The number of nitrogen functional groups attached to an aromatic ring is 2. The van der Waals surface area contributed by atoms with Crippen molar-refractivity contribution < 1.29 is 19.1 Å². The average molecular weight is 387 g/mol. The van der Waals surface area contributed by atoms with Crippen LogP contribution in [0.5, 0.6) is 5.75 Å². The van der Waals surface area contributed by atoms with Gasteiger partial charge in [0, 0.05) is 41.4 Å². The fourth-order valence-corrected chi connectivity index (χ4v) is 2.74. The minimum absolute atomic E-state index is 0.320. The highest BCUT2D eigenvalue weighted by atomic mass is 16.5. The lowest BCUT2D eigenvalue weighted by Gasteiger charge is -2.14. The highest BCUT2D eigenvalue weighted by Gasteiger charge is 2.15.